The highest BCUT2D eigenvalue weighted by Gasteiger charge is 2.20. The average molecular weight is 348 g/mol. The standard InChI is InChI=1S/C22H20O4/c1-3-25-21(23)19-13-12-16(14-20(19)22(24)26-4-2)18-11-7-9-15-8-5-6-10-17(15)18/h5-14H,3-4H2,1-2H3. The minimum atomic E-state index is -0.530. The predicted octanol–water partition coefficient (Wildman–Crippen LogP) is 4.86. The minimum absolute atomic E-state index is 0.217. The third-order valence-corrected chi connectivity index (χ3v) is 4.11. The highest BCUT2D eigenvalue weighted by molar-refractivity contribution is 6.05. The lowest BCUT2D eigenvalue weighted by Crippen LogP contribution is -2.14. The van der Waals surface area contributed by atoms with Gasteiger partial charge in [0.05, 0.1) is 24.3 Å². The van der Waals surface area contributed by atoms with Gasteiger partial charge in [0.15, 0.2) is 0 Å². The van der Waals surface area contributed by atoms with E-state index >= 15 is 0 Å². The van der Waals surface area contributed by atoms with Crippen molar-refractivity contribution in [3.63, 3.8) is 0 Å². The fourth-order valence-electron chi connectivity index (χ4n) is 2.95. The van der Waals surface area contributed by atoms with Gasteiger partial charge in [-0.2, -0.15) is 0 Å². The molecule has 0 bridgehead atoms. The lowest BCUT2D eigenvalue weighted by atomic mass is 9.95. The van der Waals surface area contributed by atoms with Gasteiger partial charge in [0.25, 0.3) is 0 Å². The molecule has 0 aliphatic heterocycles. The van der Waals surface area contributed by atoms with Crippen molar-refractivity contribution in [3.05, 3.63) is 71.8 Å². The van der Waals surface area contributed by atoms with Gasteiger partial charge < -0.3 is 9.47 Å². The number of hydrogen-bond donors (Lipinski definition) is 0. The number of carbonyl (C=O) groups is 2. The van der Waals surface area contributed by atoms with Gasteiger partial charge in [0, 0.05) is 0 Å². The Hall–Kier alpha value is -3.14. The number of esters is 2. The second kappa shape index (κ2) is 7.83. The first-order chi connectivity index (χ1) is 12.7. The summed E-state index contributed by atoms with van der Waals surface area (Å²) in [5.41, 5.74) is 2.27. The van der Waals surface area contributed by atoms with Crippen LogP contribution in [0.3, 0.4) is 0 Å². The van der Waals surface area contributed by atoms with E-state index in [0.717, 1.165) is 21.9 Å². The monoisotopic (exact) mass is 348 g/mol. The average Bonchev–Trinajstić information content (AvgIpc) is 2.67. The minimum Gasteiger partial charge on any atom is -0.462 e. The largest absolute Gasteiger partial charge is 0.462 e. The van der Waals surface area contributed by atoms with Gasteiger partial charge in [0.1, 0.15) is 0 Å². The van der Waals surface area contributed by atoms with Crippen molar-refractivity contribution in [2.45, 2.75) is 13.8 Å². The number of hydrogen-bond acceptors (Lipinski definition) is 4. The SMILES string of the molecule is CCOC(=O)c1ccc(-c2cccc3ccccc23)cc1C(=O)OCC. The summed E-state index contributed by atoms with van der Waals surface area (Å²) in [6.07, 6.45) is 0. The van der Waals surface area contributed by atoms with Crippen LogP contribution in [-0.4, -0.2) is 25.2 Å². The molecule has 3 rings (SSSR count). The Balaban J connectivity index is 2.15. The summed E-state index contributed by atoms with van der Waals surface area (Å²) in [4.78, 5) is 24.6. The Morgan fingerprint density at radius 2 is 1.42 bits per heavy atom. The molecule has 0 aliphatic rings. The number of benzene rings is 3. The fourth-order valence-corrected chi connectivity index (χ4v) is 2.95. The second-order valence-corrected chi connectivity index (χ2v) is 5.73. The molecule has 4 nitrogen and oxygen atoms in total. The van der Waals surface area contributed by atoms with Gasteiger partial charge in [-0.15, -0.1) is 0 Å². The first-order valence-electron chi connectivity index (χ1n) is 8.62. The maximum absolute atomic E-state index is 12.4. The molecule has 0 aromatic heterocycles. The van der Waals surface area contributed by atoms with E-state index in [1.54, 1.807) is 26.0 Å². The van der Waals surface area contributed by atoms with E-state index in [4.69, 9.17) is 9.47 Å². The Morgan fingerprint density at radius 3 is 2.15 bits per heavy atom. The van der Waals surface area contributed by atoms with Gasteiger partial charge >= 0.3 is 11.9 Å². The molecule has 0 unspecified atom stereocenters. The van der Waals surface area contributed by atoms with E-state index in [0.29, 0.717) is 0 Å². The summed E-state index contributed by atoms with van der Waals surface area (Å²) < 4.78 is 10.2. The van der Waals surface area contributed by atoms with Crippen molar-refractivity contribution in [2.75, 3.05) is 13.2 Å². The molecule has 132 valence electrons. The van der Waals surface area contributed by atoms with Crippen molar-refractivity contribution < 1.29 is 19.1 Å². The Bertz CT molecular complexity index is 954. The molecule has 0 heterocycles. The molecule has 3 aromatic rings. The van der Waals surface area contributed by atoms with E-state index < -0.39 is 11.9 Å². The van der Waals surface area contributed by atoms with Crippen LogP contribution >= 0.6 is 0 Å². The first kappa shape index (κ1) is 17.7. The molecule has 0 amide bonds. The van der Waals surface area contributed by atoms with Crippen LogP contribution < -0.4 is 0 Å². The van der Waals surface area contributed by atoms with E-state index in [-0.39, 0.29) is 24.3 Å². The zero-order chi connectivity index (χ0) is 18.5. The quantitative estimate of drug-likeness (QED) is 0.618. The van der Waals surface area contributed by atoms with Gasteiger partial charge in [-0.05, 0) is 47.9 Å². The molecule has 0 saturated carbocycles. The van der Waals surface area contributed by atoms with Crippen LogP contribution in [0.5, 0.6) is 0 Å². The van der Waals surface area contributed by atoms with E-state index in [1.807, 2.05) is 48.5 Å². The molecule has 0 N–H and O–H groups in total. The number of ether oxygens (including phenoxy) is 2. The van der Waals surface area contributed by atoms with Crippen LogP contribution in [0.2, 0.25) is 0 Å². The lowest BCUT2D eigenvalue weighted by molar-refractivity contribution is 0.0479. The third-order valence-electron chi connectivity index (χ3n) is 4.11. The smallest absolute Gasteiger partial charge is 0.339 e. The molecule has 3 aromatic carbocycles. The zero-order valence-electron chi connectivity index (χ0n) is 14.8. The highest BCUT2D eigenvalue weighted by Crippen LogP contribution is 2.30. The topological polar surface area (TPSA) is 52.6 Å². The summed E-state index contributed by atoms with van der Waals surface area (Å²) in [6, 6.07) is 19.2. The van der Waals surface area contributed by atoms with E-state index in [2.05, 4.69) is 0 Å². The Labute approximate surface area is 152 Å². The lowest BCUT2D eigenvalue weighted by Gasteiger charge is -2.12. The molecular weight excluding hydrogens is 328 g/mol. The second-order valence-electron chi connectivity index (χ2n) is 5.73. The molecule has 0 saturated heterocycles. The molecule has 0 aliphatic carbocycles. The third kappa shape index (κ3) is 3.45. The van der Waals surface area contributed by atoms with E-state index in [9.17, 15) is 9.59 Å². The highest BCUT2D eigenvalue weighted by atomic mass is 16.5. The van der Waals surface area contributed by atoms with Crippen LogP contribution in [0.4, 0.5) is 0 Å². The van der Waals surface area contributed by atoms with Crippen LogP contribution in [-0.2, 0) is 9.47 Å². The van der Waals surface area contributed by atoms with Crippen molar-refractivity contribution in [3.8, 4) is 11.1 Å². The normalized spacial score (nSPS) is 10.5. The van der Waals surface area contributed by atoms with Crippen LogP contribution in [0.25, 0.3) is 21.9 Å². The van der Waals surface area contributed by atoms with Crippen molar-refractivity contribution in [1.82, 2.24) is 0 Å². The van der Waals surface area contributed by atoms with Gasteiger partial charge in [-0.3, -0.25) is 0 Å². The van der Waals surface area contributed by atoms with Gasteiger partial charge in [-0.1, -0.05) is 48.5 Å². The molecule has 4 heteroatoms. The Kier molecular flexibility index (Phi) is 5.32. The number of fused-ring (bicyclic) bond motifs is 1. The summed E-state index contributed by atoms with van der Waals surface area (Å²) in [6.45, 7) is 3.94. The molecule has 26 heavy (non-hydrogen) atoms. The number of carbonyl (C=O) groups excluding carboxylic acids is 2. The summed E-state index contributed by atoms with van der Waals surface area (Å²) >= 11 is 0. The summed E-state index contributed by atoms with van der Waals surface area (Å²) in [5, 5.41) is 2.19. The van der Waals surface area contributed by atoms with E-state index in [1.165, 1.54) is 0 Å². The summed E-state index contributed by atoms with van der Waals surface area (Å²) in [5.74, 6) is -1.06. The molecule has 0 spiro atoms. The fraction of sp³-hybridized carbons (Fsp3) is 0.182. The van der Waals surface area contributed by atoms with Crippen LogP contribution in [0.1, 0.15) is 34.6 Å². The molecule has 0 atom stereocenters. The van der Waals surface area contributed by atoms with Crippen LogP contribution in [0, 0.1) is 0 Å². The van der Waals surface area contributed by atoms with Crippen molar-refractivity contribution >= 4 is 22.7 Å². The van der Waals surface area contributed by atoms with Crippen LogP contribution in [0.15, 0.2) is 60.7 Å². The number of rotatable bonds is 5. The zero-order valence-corrected chi connectivity index (χ0v) is 14.8. The predicted molar refractivity (Wildman–Crippen MR) is 101 cm³/mol. The van der Waals surface area contributed by atoms with Crippen molar-refractivity contribution in [1.29, 1.82) is 0 Å². The molecule has 0 fully saturated rings. The Morgan fingerprint density at radius 1 is 0.769 bits per heavy atom. The maximum atomic E-state index is 12.4. The van der Waals surface area contributed by atoms with Gasteiger partial charge in [-0.25, -0.2) is 9.59 Å². The first-order valence-corrected chi connectivity index (χ1v) is 8.62. The molecular formula is C22H20O4. The van der Waals surface area contributed by atoms with Gasteiger partial charge in [0.2, 0.25) is 0 Å². The maximum Gasteiger partial charge on any atom is 0.339 e. The molecule has 0 radical (unpaired) electrons. The van der Waals surface area contributed by atoms with Crippen molar-refractivity contribution in [2.24, 2.45) is 0 Å². The summed E-state index contributed by atoms with van der Waals surface area (Å²) in [7, 11) is 0.